The Balaban J connectivity index is 1.95. The number of anilines is 1. The molecule has 0 unspecified atom stereocenters. The number of aromatic nitrogens is 2. The Morgan fingerprint density at radius 2 is 1.92 bits per heavy atom. The number of amides is 1. The average Bonchev–Trinajstić information content (AvgIpc) is 2.87. The number of hydrogen-bond donors (Lipinski definition) is 3. The van der Waals surface area contributed by atoms with Crippen LogP contribution in [-0.4, -0.2) is 37.7 Å². The first-order valence-corrected chi connectivity index (χ1v) is 8.85. The van der Waals surface area contributed by atoms with Gasteiger partial charge in [-0.1, -0.05) is 0 Å². The molecule has 8 nitrogen and oxygen atoms in total. The zero-order valence-corrected chi connectivity index (χ0v) is 14.5. The lowest BCUT2D eigenvalue weighted by molar-refractivity contribution is -0.115. The van der Waals surface area contributed by atoms with Gasteiger partial charge < -0.3 is 10.1 Å². The number of sulfonamides is 1. The van der Waals surface area contributed by atoms with Crippen LogP contribution >= 0.6 is 0 Å². The van der Waals surface area contributed by atoms with Gasteiger partial charge in [-0.25, -0.2) is 13.1 Å². The van der Waals surface area contributed by atoms with E-state index in [1.165, 1.54) is 0 Å². The summed E-state index contributed by atoms with van der Waals surface area (Å²) in [6.45, 7) is 5.25. The van der Waals surface area contributed by atoms with E-state index in [0.717, 1.165) is 0 Å². The third-order valence-corrected chi connectivity index (χ3v) is 4.86. The van der Waals surface area contributed by atoms with E-state index in [4.69, 9.17) is 4.74 Å². The van der Waals surface area contributed by atoms with Crippen molar-refractivity contribution >= 4 is 21.6 Å². The third-order valence-electron chi connectivity index (χ3n) is 3.20. The molecule has 1 amide bonds. The van der Waals surface area contributed by atoms with E-state index < -0.39 is 15.9 Å². The predicted octanol–water partition coefficient (Wildman–Crippen LogP) is 1.34. The minimum absolute atomic E-state index is 0.0661. The number of aromatic amines is 1. The van der Waals surface area contributed by atoms with Gasteiger partial charge in [0, 0.05) is 5.69 Å². The first kappa shape index (κ1) is 18.0. The highest BCUT2D eigenvalue weighted by Gasteiger charge is 2.22. The number of rotatable bonds is 7. The largest absolute Gasteiger partial charge is 0.494 e. The van der Waals surface area contributed by atoms with E-state index in [9.17, 15) is 13.2 Å². The molecule has 0 saturated heterocycles. The van der Waals surface area contributed by atoms with Crippen LogP contribution in [0.5, 0.6) is 5.75 Å². The highest BCUT2D eigenvalue weighted by atomic mass is 32.2. The molecule has 9 heteroatoms. The Kier molecular flexibility index (Phi) is 5.58. The summed E-state index contributed by atoms with van der Waals surface area (Å²) >= 11 is 0. The number of benzene rings is 1. The van der Waals surface area contributed by atoms with E-state index in [0.29, 0.717) is 29.4 Å². The second-order valence-electron chi connectivity index (χ2n) is 5.09. The first-order valence-electron chi connectivity index (χ1n) is 7.37. The van der Waals surface area contributed by atoms with Crippen LogP contribution in [0.4, 0.5) is 5.69 Å². The SMILES string of the molecule is CCOc1ccc(NC(=O)CNS(=O)(=O)c2c(C)n[nH]c2C)cc1. The number of nitrogens with zero attached hydrogens (tertiary/aromatic N) is 1. The molecule has 3 N–H and O–H groups in total. The molecule has 130 valence electrons. The molecule has 0 aliphatic heterocycles. The highest BCUT2D eigenvalue weighted by molar-refractivity contribution is 7.89. The quantitative estimate of drug-likeness (QED) is 0.696. The van der Waals surface area contributed by atoms with Gasteiger partial charge in [-0.15, -0.1) is 0 Å². The van der Waals surface area contributed by atoms with Gasteiger partial charge >= 0.3 is 0 Å². The third kappa shape index (κ3) is 4.33. The number of aryl methyl sites for hydroxylation is 2. The van der Waals surface area contributed by atoms with Crippen molar-refractivity contribution in [2.75, 3.05) is 18.5 Å². The fourth-order valence-electron chi connectivity index (χ4n) is 2.18. The van der Waals surface area contributed by atoms with Gasteiger partial charge in [-0.05, 0) is 45.0 Å². The van der Waals surface area contributed by atoms with Crippen LogP contribution in [-0.2, 0) is 14.8 Å². The summed E-state index contributed by atoms with van der Waals surface area (Å²) in [6, 6.07) is 6.81. The van der Waals surface area contributed by atoms with Gasteiger partial charge in [0.15, 0.2) is 0 Å². The van der Waals surface area contributed by atoms with Crippen molar-refractivity contribution < 1.29 is 17.9 Å². The Morgan fingerprint density at radius 1 is 1.25 bits per heavy atom. The Hall–Kier alpha value is -2.39. The number of carbonyl (C=O) groups excluding carboxylic acids is 1. The molecule has 0 bridgehead atoms. The van der Waals surface area contributed by atoms with Gasteiger partial charge in [0.25, 0.3) is 0 Å². The summed E-state index contributed by atoms with van der Waals surface area (Å²) in [7, 11) is -3.80. The van der Waals surface area contributed by atoms with E-state index in [1.807, 2.05) is 6.92 Å². The minimum Gasteiger partial charge on any atom is -0.494 e. The summed E-state index contributed by atoms with van der Waals surface area (Å²) in [4.78, 5) is 12.0. The van der Waals surface area contributed by atoms with Gasteiger partial charge in [0.05, 0.1) is 24.5 Å². The van der Waals surface area contributed by atoms with Gasteiger partial charge in [0.2, 0.25) is 15.9 Å². The maximum atomic E-state index is 12.2. The molecule has 2 aromatic rings. The first-order chi connectivity index (χ1) is 11.3. The summed E-state index contributed by atoms with van der Waals surface area (Å²) in [5.74, 6) is 0.226. The monoisotopic (exact) mass is 352 g/mol. The fourth-order valence-corrected chi connectivity index (χ4v) is 3.52. The lowest BCUT2D eigenvalue weighted by Crippen LogP contribution is -2.33. The van der Waals surface area contributed by atoms with Gasteiger partial charge in [-0.3, -0.25) is 9.89 Å². The smallest absolute Gasteiger partial charge is 0.244 e. The van der Waals surface area contributed by atoms with E-state index in [-0.39, 0.29) is 11.4 Å². The fraction of sp³-hybridized carbons (Fsp3) is 0.333. The number of hydrogen-bond acceptors (Lipinski definition) is 5. The molecule has 0 radical (unpaired) electrons. The molecule has 1 heterocycles. The van der Waals surface area contributed by atoms with Crippen molar-refractivity contribution in [3.8, 4) is 5.75 Å². The molecule has 1 aromatic heterocycles. The summed E-state index contributed by atoms with van der Waals surface area (Å²) in [5.41, 5.74) is 1.33. The Bertz CT molecular complexity index is 793. The molecule has 1 aromatic carbocycles. The lowest BCUT2D eigenvalue weighted by atomic mass is 10.3. The molecular weight excluding hydrogens is 332 g/mol. The average molecular weight is 352 g/mol. The van der Waals surface area contributed by atoms with Crippen molar-refractivity contribution in [3.63, 3.8) is 0 Å². The topological polar surface area (TPSA) is 113 Å². The Morgan fingerprint density at radius 3 is 2.46 bits per heavy atom. The van der Waals surface area contributed by atoms with Gasteiger partial charge in [-0.2, -0.15) is 5.10 Å². The predicted molar refractivity (Wildman–Crippen MR) is 89.5 cm³/mol. The van der Waals surface area contributed by atoms with Gasteiger partial charge in [0.1, 0.15) is 10.6 Å². The van der Waals surface area contributed by atoms with Crippen LogP contribution in [0.25, 0.3) is 0 Å². The molecule has 24 heavy (non-hydrogen) atoms. The zero-order chi connectivity index (χ0) is 17.7. The van der Waals surface area contributed by atoms with Crippen molar-refractivity contribution in [2.45, 2.75) is 25.7 Å². The highest BCUT2D eigenvalue weighted by Crippen LogP contribution is 2.17. The van der Waals surface area contributed by atoms with Crippen LogP contribution in [0.3, 0.4) is 0 Å². The van der Waals surface area contributed by atoms with Crippen LogP contribution in [0.2, 0.25) is 0 Å². The maximum Gasteiger partial charge on any atom is 0.244 e. The maximum absolute atomic E-state index is 12.2. The van der Waals surface area contributed by atoms with Crippen LogP contribution in [0.1, 0.15) is 18.3 Å². The molecule has 2 rings (SSSR count). The molecular formula is C15H20N4O4S. The Labute approximate surface area is 140 Å². The van der Waals surface area contributed by atoms with E-state index >= 15 is 0 Å². The number of H-pyrrole nitrogens is 1. The lowest BCUT2D eigenvalue weighted by Gasteiger charge is -2.09. The van der Waals surface area contributed by atoms with E-state index in [1.54, 1.807) is 38.1 Å². The summed E-state index contributed by atoms with van der Waals surface area (Å²) in [5, 5.41) is 9.06. The summed E-state index contributed by atoms with van der Waals surface area (Å²) in [6.07, 6.45) is 0. The second kappa shape index (κ2) is 7.45. The molecule has 0 aliphatic carbocycles. The standard InChI is InChI=1S/C15H20N4O4S/c1-4-23-13-7-5-12(6-8-13)17-14(20)9-16-24(21,22)15-10(2)18-19-11(15)3/h5-8,16H,4,9H2,1-3H3,(H,17,20)(H,18,19). The number of ether oxygens (including phenoxy) is 1. The van der Waals surface area contributed by atoms with Crippen molar-refractivity contribution in [3.05, 3.63) is 35.7 Å². The summed E-state index contributed by atoms with van der Waals surface area (Å²) < 4.78 is 32.1. The molecule has 0 fully saturated rings. The van der Waals surface area contributed by atoms with Crippen molar-refractivity contribution in [1.82, 2.24) is 14.9 Å². The zero-order valence-electron chi connectivity index (χ0n) is 13.7. The van der Waals surface area contributed by atoms with Crippen molar-refractivity contribution in [2.24, 2.45) is 0 Å². The van der Waals surface area contributed by atoms with Crippen molar-refractivity contribution in [1.29, 1.82) is 0 Å². The molecule has 0 spiro atoms. The van der Waals surface area contributed by atoms with E-state index in [2.05, 4.69) is 20.2 Å². The van der Waals surface area contributed by atoms with Crippen LogP contribution in [0, 0.1) is 13.8 Å². The molecule has 0 saturated carbocycles. The normalized spacial score (nSPS) is 11.3. The van der Waals surface area contributed by atoms with Crippen LogP contribution in [0.15, 0.2) is 29.2 Å². The molecule has 0 atom stereocenters. The molecule has 0 aliphatic rings. The number of nitrogens with one attached hydrogen (secondary N) is 3. The number of carbonyl (C=O) groups is 1. The minimum atomic E-state index is -3.80. The second-order valence-corrected chi connectivity index (χ2v) is 6.80. The van der Waals surface area contributed by atoms with Crippen LogP contribution < -0.4 is 14.8 Å².